The van der Waals surface area contributed by atoms with Gasteiger partial charge in [0.1, 0.15) is 5.69 Å². The van der Waals surface area contributed by atoms with Crippen LogP contribution in [0.2, 0.25) is 0 Å². The van der Waals surface area contributed by atoms with Gasteiger partial charge in [-0.15, -0.1) is 0 Å². The molecule has 0 aliphatic carbocycles. The first-order chi connectivity index (χ1) is 11.2. The third-order valence-electron chi connectivity index (χ3n) is 4.35. The molecule has 5 nitrogen and oxygen atoms in total. The monoisotopic (exact) mass is 309 g/mol. The molecule has 1 amide bonds. The largest absolute Gasteiger partial charge is 0.376 e. The van der Waals surface area contributed by atoms with E-state index < -0.39 is 0 Å². The van der Waals surface area contributed by atoms with E-state index in [9.17, 15) is 4.79 Å². The Kier molecular flexibility index (Phi) is 3.50. The first-order valence-corrected chi connectivity index (χ1v) is 7.99. The molecule has 2 N–H and O–H groups in total. The van der Waals surface area contributed by atoms with Gasteiger partial charge in [0.25, 0.3) is 5.91 Å². The van der Waals surface area contributed by atoms with Crippen molar-refractivity contribution in [3.63, 3.8) is 0 Å². The number of aryl methyl sites for hydroxylation is 1. The van der Waals surface area contributed by atoms with E-state index in [0.717, 1.165) is 46.9 Å². The fraction of sp³-hybridized carbons (Fsp3) is 0.333. The number of aromatic nitrogens is 2. The minimum absolute atomic E-state index is 0.139. The Morgan fingerprint density at radius 3 is 3.00 bits per heavy atom. The number of fused-ring (bicyclic) bond motifs is 3. The molecule has 0 radical (unpaired) electrons. The molecule has 4 rings (SSSR count). The van der Waals surface area contributed by atoms with Crippen molar-refractivity contribution < 1.29 is 9.53 Å². The van der Waals surface area contributed by atoms with Crippen LogP contribution >= 0.6 is 0 Å². The molecule has 1 saturated heterocycles. The number of rotatable bonds is 3. The zero-order valence-corrected chi connectivity index (χ0v) is 13.1. The van der Waals surface area contributed by atoms with Crippen molar-refractivity contribution in [1.82, 2.24) is 15.3 Å². The molecule has 0 spiro atoms. The van der Waals surface area contributed by atoms with Crippen molar-refractivity contribution in [2.75, 3.05) is 13.2 Å². The fourth-order valence-corrected chi connectivity index (χ4v) is 3.10. The van der Waals surface area contributed by atoms with Crippen LogP contribution in [0.3, 0.4) is 0 Å². The van der Waals surface area contributed by atoms with E-state index in [1.54, 1.807) is 0 Å². The van der Waals surface area contributed by atoms with Crippen LogP contribution in [0.5, 0.6) is 0 Å². The van der Waals surface area contributed by atoms with Crippen molar-refractivity contribution in [2.45, 2.75) is 25.9 Å². The number of hydrogen-bond donors (Lipinski definition) is 2. The topological polar surface area (TPSA) is 67.0 Å². The smallest absolute Gasteiger partial charge is 0.270 e. The van der Waals surface area contributed by atoms with Crippen molar-refractivity contribution in [3.05, 3.63) is 41.7 Å². The summed E-state index contributed by atoms with van der Waals surface area (Å²) in [5.74, 6) is -0.141. The number of nitrogens with zero attached hydrogens (tertiary/aromatic N) is 1. The minimum atomic E-state index is -0.141. The maximum absolute atomic E-state index is 12.3. The zero-order chi connectivity index (χ0) is 15.8. The third-order valence-corrected chi connectivity index (χ3v) is 4.35. The minimum Gasteiger partial charge on any atom is -0.376 e. The number of ether oxygens (including phenoxy) is 1. The molecule has 5 heteroatoms. The molecule has 1 aliphatic rings. The highest BCUT2D eigenvalue weighted by Gasteiger charge is 2.18. The average molecular weight is 309 g/mol. The van der Waals surface area contributed by atoms with Crippen molar-refractivity contribution >= 4 is 27.7 Å². The fourth-order valence-electron chi connectivity index (χ4n) is 3.10. The Morgan fingerprint density at radius 1 is 1.35 bits per heavy atom. The van der Waals surface area contributed by atoms with Gasteiger partial charge in [-0.2, -0.15) is 0 Å². The van der Waals surface area contributed by atoms with Crippen molar-refractivity contribution in [2.24, 2.45) is 0 Å². The first-order valence-electron chi connectivity index (χ1n) is 7.99. The number of nitrogens with one attached hydrogen (secondary N) is 2. The summed E-state index contributed by atoms with van der Waals surface area (Å²) in [6.45, 7) is 3.35. The molecule has 1 fully saturated rings. The molecule has 0 saturated carbocycles. The molecular formula is C18H19N3O2. The lowest BCUT2D eigenvalue weighted by molar-refractivity contribution is 0.0854. The Hall–Kier alpha value is -2.40. The highest BCUT2D eigenvalue weighted by Crippen LogP contribution is 2.24. The van der Waals surface area contributed by atoms with E-state index in [-0.39, 0.29) is 12.0 Å². The summed E-state index contributed by atoms with van der Waals surface area (Å²) in [5.41, 5.74) is 3.34. The summed E-state index contributed by atoms with van der Waals surface area (Å²) in [6.07, 6.45) is 2.22. The lowest BCUT2D eigenvalue weighted by atomic mass is 10.1. The molecule has 23 heavy (non-hydrogen) atoms. The van der Waals surface area contributed by atoms with Crippen LogP contribution in [0.1, 0.15) is 29.0 Å². The Balaban J connectivity index is 1.63. The molecule has 2 aromatic heterocycles. The Labute approximate surface area is 134 Å². The summed E-state index contributed by atoms with van der Waals surface area (Å²) in [7, 11) is 0. The second kappa shape index (κ2) is 5.66. The van der Waals surface area contributed by atoms with E-state index in [4.69, 9.17) is 4.74 Å². The number of benzene rings is 1. The average Bonchev–Trinajstić information content (AvgIpc) is 3.21. The number of aromatic amines is 1. The van der Waals surface area contributed by atoms with Crippen LogP contribution in [0.4, 0.5) is 0 Å². The zero-order valence-electron chi connectivity index (χ0n) is 13.1. The predicted molar refractivity (Wildman–Crippen MR) is 89.6 cm³/mol. The van der Waals surface area contributed by atoms with Gasteiger partial charge in [-0.25, -0.2) is 4.98 Å². The van der Waals surface area contributed by atoms with Crippen LogP contribution in [0.15, 0.2) is 30.3 Å². The van der Waals surface area contributed by atoms with Gasteiger partial charge in [-0.1, -0.05) is 18.2 Å². The SMILES string of the molecule is Cc1ccc2ccc3cc(C(=O)NC[C@H]4CCCO4)nc3c2[nH]1. The van der Waals surface area contributed by atoms with Gasteiger partial charge in [-0.05, 0) is 31.9 Å². The van der Waals surface area contributed by atoms with Gasteiger partial charge in [0.2, 0.25) is 0 Å². The second-order valence-electron chi connectivity index (χ2n) is 6.10. The molecule has 118 valence electrons. The van der Waals surface area contributed by atoms with Crippen LogP contribution in [0.25, 0.3) is 21.8 Å². The van der Waals surface area contributed by atoms with Crippen LogP contribution < -0.4 is 5.32 Å². The first kappa shape index (κ1) is 14.2. The Morgan fingerprint density at radius 2 is 2.17 bits per heavy atom. The van der Waals surface area contributed by atoms with Gasteiger partial charge < -0.3 is 15.0 Å². The van der Waals surface area contributed by atoms with E-state index >= 15 is 0 Å². The lowest BCUT2D eigenvalue weighted by Crippen LogP contribution is -2.31. The van der Waals surface area contributed by atoms with Gasteiger partial charge in [-0.3, -0.25) is 4.79 Å². The summed E-state index contributed by atoms with van der Waals surface area (Å²) in [5, 5.41) is 4.99. The van der Waals surface area contributed by atoms with Crippen LogP contribution in [-0.2, 0) is 4.74 Å². The van der Waals surface area contributed by atoms with Crippen LogP contribution in [-0.4, -0.2) is 35.1 Å². The molecule has 1 atom stereocenters. The highest BCUT2D eigenvalue weighted by atomic mass is 16.5. The van der Waals surface area contributed by atoms with E-state index in [1.807, 2.05) is 31.2 Å². The van der Waals surface area contributed by atoms with E-state index in [2.05, 4.69) is 21.4 Å². The molecule has 1 aliphatic heterocycles. The number of hydrogen-bond acceptors (Lipinski definition) is 3. The van der Waals surface area contributed by atoms with Crippen LogP contribution in [0, 0.1) is 6.92 Å². The summed E-state index contributed by atoms with van der Waals surface area (Å²) < 4.78 is 5.53. The molecule has 0 unspecified atom stereocenters. The molecule has 1 aromatic carbocycles. The number of pyridine rings is 1. The van der Waals surface area contributed by atoms with Gasteiger partial charge >= 0.3 is 0 Å². The van der Waals surface area contributed by atoms with Crippen molar-refractivity contribution in [1.29, 1.82) is 0 Å². The quantitative estimate of drug-likeness (QED) is 0.781. The predicted octanol–water partition coefficient (Wildman–Crippen LogP) is 2.93. The molecule has 0 bridgehead atoms. The molecular weight excluding hydrogens is 290 g/mol. The summed E-state index contributed by atoms with van der Waals surface area (Å²) in [4.78, 5) is 20.2. The molecule has 3 heterocycles. The Bertz CT molecular complexity index is 878. The molecule has 3 aromatic rings. The summed E-state index contributed by atoms with van der Waals surface area (Å²) in [6, 6.07) is 9.99. The number of H-pyrrole nitrogens is 1. The van der Waals surface area contributed by atoms with Gasteiger partial charge in [0.05, 0.1) is 17.1 Å². The second-order valence-corrected chi connectivity index (χ2v) is 6.10. The number of carbonyl (C=O) groups is 1. The van der Waals surface area contributed by atoms with Gasteiger partial charge in [0, 0.05) is 29.6 Å². The maximum atomic E-state index is 12.3. The highest BCUT2D eigenvalue weighted by molar-refractivity contribution is 6.07. The standard InChI is InChI=1S/C18H19N3O2/c1-11-4-5-12-6-7-13-9-15(21-17(13)16(12)20-11)18(22)19-10-14-3-2-8-23-14/h4-7,9,14,20H,2-3,8,10H2,1H3,(H,19,22)/t14-/m1/s1. The van der Waals surface area contributed by atoms with E-state index in [0.29, 0.717) is 12.2 Å². The van der Waals surface area contributed by atoms with Crippen molar-refractivity contribution in [3.8, 4) is 0 Å². The summed E-state index contributed by atoms with van der Waals surface area (Å²) >= 11 is 0. The number of carbonyl (C=O) groups excluding carboxylic acids is 1. The van der Waals surface area contributed by atoms with Gasteiger partial charge in [0.15, 0.2) is 0 Å². The van der Waals surface area contributed by atoms with E-state index in [1.165, 1.54) is 0 Å². The number of amides is 1. The normalized spacial score (nSPS) is 17.9. The lowest BCUT2D eigenvalue weighted by Gasteiger charge is -2.09. The maximum Gasteiger partial charge on any atom is 0.270 e. The third kappa shape index (κ3) is 2.68.